The molecule has 1 heterocycles. The second-order valence-electron chi connectivity index (χ2n) is 5.22. The molecule has 0 fully saturated rings. The molecule has 3 nitrogen and oxygen atoms in total. The quantitative estimate of drug-likeness (QED) is 0.930. The minimum Gasteiger partial charge on any atom is -0.507 e. The van der Waals surface area contributed by atoms with Crippen molar-refractivity contribution in [3.05, 3.63) is 59.2 Å². The van der Waals surface area contributed by atoms with E-state index in [1.54, 1.807) is 13.2 Å². The molecule has 0 saturated carbocycles. The zero-order chi connectivity index (χ0) is 13.9. The van der Waals surface area contributed by atoms with Crippen molar-refractivity contribution in [3.8, 4) is 11.5 Å². The van der Waals surface area contributed by atoms with Gasteiger partial charge in [0.25, 0.3) is 0 Å². The fraction of sp³-hybridized carbons (Fsp3) is 0.294. The highest BCUT2D eigenvalue weighted by molar-refractivity contribution is 5.40. The van der Waals surface area contributed by atoms with E-state index in [0.29, 0.717) is 11.5 Å². The molecule has 0 unspecified atom stereocenters. The minimum absolute atomic E-state index is 0.309. The number of aromatic hydroxyl groups is 1. The first-order chi connectivity index (χ1) is 9.76. The van der Waals surface area contributed by atoms with Crippen molar-refractivity contribution in [3.63, 3.8) is 0 Å². The van der Waals surface area contributed by atoms with Crippen LogP contribution >= 0.6 is 0 Å². The van der Waals surface area contributed by atoms with E-state index in [1.165, 1.54) is 11.1 Å². The third kappa shape index (κ3) is 2.63. The second kappa shape index (κ2) is 5.55. The van der Waals surface area contributed by atoms with Gasteiger partial charge in [0.2, 0.25) is 0 Å². The molecule has 3 heteroatoms. The van der Waals surface area contributed by atoms with E-state index < -0.39 is 0 Å². The van der Waals surface area contributed by atoms with Crippen LogP contribution in [0.3, 0.4) is 0 Å². The summed E-state index contributed by atoms with van der Waals surface area (Å²) in [7, 11) is 1.61. The van der Waals surface area contributed by atoms with Gasteiger partial charge in [-0.25, -0.2) is 0 Å². The molecule has 1 N–H and O–H groups in total. The van der Waals surface area contributed by atoms with Gasteiger partial charge in [-0.1, -0.05) is 30.3 Å². The lowest BCUT2D eigenvalue weighted by molar-refractivity contribution is 0.242. The molecular formula is C17H19NO2. The highest BCUT2D eigenvalue weighted by Gasteiger charge is 2.17. The van der Waals surface area contributed by atoms with Crippen molar-refractivity contribution < 1.29 is 9.84 Å². The molecule has 0 atom stereocenters. The Morgan fingerprint density at radius 1 is 1.15 bits per heavy atom. The van der Waals surface area contributed by atoms with Crippen molar-refractivity contribution in [2.24, 2.45) is 0 Å². The third-order valence-corrected chi connectivity index (χ3v) is 3.90. The van der Waals surface area contributed by atoms with Crippen molar-refractivity contribution >= 4 is 0 Å². The Kier molecular flexibility index (Phi) is 3.61. The molecule has 1 aliphatic heterocycles. The number of benzene rings is 2. The third-order valence-electron chi connectivity index (χ3n) is 3.90. The molecule has 2 aromatic rings. The van der Waals surface area contributed by atoms with E-state index >= 15 is 0 Å². The fourth-order valence-corrected chi connectivity index (χ4v) is 2.73. The molecule has 0 amide bonds. The summed E-state index contributed by atoms with van der Waals surface area (Å²) in [5.74, 6) is 0.999. The Morgan fingerprint density at radius 2 is 1.95 bits per heavy atom. The summed E-state index contributed by atoms with van der Waals surface area (Å²) < 4.78 is 5.11. The average Bonchev–Trinajstić information content (AvgIpc) is 2.49. The molecule has 1 aliphatic rings. The Balaban J connectivity index is 1.73. The summed E-state index contributed by atoms with van der Waals surface area (Å²) in [5.41, 5.74) is 3.79. The van der Waals surface area contributed by atoms with Crippen LogP contribution in [0.4, 0.5) is 0 Å². The topological polar surface area (TPSA) is 32.7 Å². The van der Waals surface area contributed by atoms with Crippen molar-refractivity contribution in [2.45, 2.75) is 19.5 Å². The number of phenols is 1. The lowest BCUT2D eigenvalue weighted by Gasteiger charge is -2.28. The van der Waals surface area contributed by atoms with Crippen LogP contribution in [-0.2, 0) is 19.5 Å². The van der Waals surface area contributed by atoms with Crippen LogP contribution in [0, 0.1) is 0 Å². The molecule has 2 aromatic carbocycles. The van der Waals surface area contributed by atoms with Crippen LogP contribution in [0.25, 0.3) is 0 Å². The van der Waals surface area contributed by atoms with E-state index in [4.69, 9.17) is 4.74 Å². The van der Waals surface area contributed by atoms with E-state index in [1.807, 2.05) is 12.1 Å². The number of methoxy groups -OCH3 is 1. The maximum absolute atomic E-state index is 10.0. The summed E-state index contributed by atoms with van der Waals surface area (Å²) in [6.45, 7) is 2.74. The molecule has 0 bridgehead atoms. The number of phenolic OH excluding ortho intramolecular Hbond substituents is 1. The number of nitrogens with zero attached hydrogens (tertiary/aromatic N) is 1. The van der Waals surface area contributed by atoms with Crippen molar-refractivity contribution in [1.82, 2.24) is 4.90 Å². The monoisotopic (exact) mass is 269 g/mol. The summed E-state index contributed by atoms with van der Waals surface area (Å²) >= 11 is 0. The minimum atomic E-state index is 0.309. The zero-order valence-corrected chi connectivity index (χ0v) is 11.7. The first-order valence-corrected chi connectivity index (χ1v) is 6.91. The number of fused-ring (bicyclic) bond motifs is 1. The maximum Gasteiger partial charge on any atom is 0.123 e. The molecule has 104 valence electrons. The van der Waals surface area contributed by atoms with Crippen molar-refractivity contribution in [2.75, 3.05) is 13.7 Å². The maximum atomic E-state index is 10.0. The Hall–Kier alpha value is -2.00. The van der Waals surface area contributed by atoms with Crippen LogP contribution in [0.1, 0.15) is 16.7 Å². The number of hydrogen-bond acceptors (Lipinski definition) is 3. The van der Waals surface area contributed by atoms with Gasteiger partial charge in [-0.2, -0.15) is 0 Å². The van der Waals surface area contributed by atoms with Gasteiger partial charge in [0, 0.05) is 31.3 Å². The van der Waals surface area contributed by atoms with Gasteiger partial charge in [-0.05, 0) is 23.6 Å². The lowest BCUT2D eigenvalue weighted by Crippen LogP contribution is -2.29. The SMILES string of the molecule is COc1ccc(CN2CCc3ccccc3C2)c(O)c1. The van der Waals surface area contributed by atoms with Gasteiger partial charge in [0.1, 0.15) is 11.5 Å². The van der Waals surface area contributed by atoms with E-state index in [0.717, 1.165) is 31.6 Å². The smallest absolute Gasteiger partial charge is 0.123 e. The van der Waals surface area contributed by atoms with Gasteiger partial charge in [-0.3, -0.25) is 4.90 Å². The summed E-state index contributed by atoms with van der Waals surface area (Å²) in [6, 6.07) is 14.1. The van der Waals surface area contributed by atoms with Crippen LogP contribution in [0.2, 0.25) is 0 Å². The largest absolute Gasteiger partial charge is 0.507 e. The second-order valence-corrected chi connectivity index (χ2v) is 5.22. The van der Waals surface area contributed by atoms with Crippen LogP contribution in [-0.4, -0.2) is 23.7 Å². The standard InChI is InChI=1S/C17H19NO2/c1-20-16-7-6-15(17(19)10-16)12-18-9-8-13-4-2-3-5-14(13)11-18/h2-7,10,19H,8-9,11-12H2,1H3. The van der Waals surface area contributed by atoms with E-state index in [2.05, 4.69) is 29.2 Å². The number of rotatable bonds is 3. The molecule has 0 aliphatic carbocycles. The Bertz CT molecular complexity index is 610. The van der Waals surface area contributed by atoms with Crippen LogP contribution in [0.15, 0.2) is 42.5 Å². The molecule has 0 aromatic heterocycles. The molecule has 0 saturated heterocycles. The normalized spacial score (nSPS) is 14.8. The Labute approximate surface area is 119 Å². The summed E-state index contributed by atoms with van der Waals surface area (Å²) in [5, 5.41) is 10.0. The van der Waals surface area contributed by atoms with Crippen molar-refractivity contribution in [1.29, 1.82) is 0 Å². The van der Waals surface area contributed by atoms with Crippen LogP contribution in [0.5, 0.6) is 11.5 Å². The molecular weight excluding hydrogens is 250 g/mol. The molecule has 20 heavy (non-hydrogen) atoms. The Morgan fingerprint density at radius 3 is 2.70 bits per heavy atom. The highest BCUT2D eigenvalue weighted by atomic mass is 16.5. The van der Waals surface area contributed by atoms with Gasteiger partial charge in [0.15, 0.2) is 0 Å². The van der Waals surface area contributed by atoms with E-state index in [-0.39, 0.29) is 0 Å². The summed E-state index contributed by atoms with van der Waals surface area (Å²) in [4.78, 5) is 2.36. The molecule has 3 rings (SSSR count). The van der Waals surface area contributed by atoms with Gasteiger partial charge < -0.3 is 9.84 Å². The molecule has 0 spiro atoms. The first kappa shape index (κ1) is 13.0. The lowest BCUT2D eigenvalue weighted by atomic mass is 9.99. The zero-order valence-electron chi connectivity index (χ0n) is 11.7. The number of ether oxygens (including phenoxy) is 1. The summed E-state index contributed by atoms with van der Waals surface area (Å²) in [6.07, 6.45) is 1.08. The number of hydrogen-bond donors (Lipinski definition) is 1. The average molecular weight is 269 g/mol. The van der Waals surface area contributed by atoms with E-state index in [9.17, 15) is 5.11 Å². The predicted octanol–water partition coefficient (Wildman–Crippen LogP) is 2.96. The van der Waals surface area contributed by atoms with Crippen LogP contribution < -0.4 is 4.74 Å². The molecule has 0 radical (unpaired) electrons. The fourth-order valence-electron chi connectivity index (χ4n) is 2.73. The predicted molar refractivity (Wildman–Crippen MR) is 78.9 cm³/mol. The highest BCUT2D eigenvalue weighted by Crippen LogP contribution is 2.26. The van der Waals surface area contributed by atoms with Gasteiger partial charge in [-0.15, -0.1) is 0 Å². The first-order valence-electron chi connectivity index (χ1n) is 6.91. The van der Waals surface area contributed by atoms with Gasteiger partial charge in [0.05, 0.1) is 7.11 Å². The van der Waals surface area contributed by atoms with Gasteiger partial charge >= 0.3 is 0 Å².